The van der Waals surface area contributed by atoms with Crippen molar-refractivity contribution in [2.24, 2.45) is 0 Å². The van der Waals surface area contributed by atoms with Crippen LogP contribution in [-0.4, -0.2) is 0 Å². The van der Waals surface area contributed by atoms with Gasteiger partial charge in [0, 0.05) is 0 Å². The van der Waals surface area contributed by atoms with Crippen molar-refractivity contribution in [1.29, 1.82) is 0 Å². The van der Waals surface area contributed by atoms with E-state index in [0.717, 1.165) is 19.3 Å². The van der Waals surface area contributed by atoms with Crippen LogP contribution >= 0.6 is 0 Å². The predicted octanol–water partition coefficient (Wildman–Crippen LogP) is 5.61. The normalized spacial score (nSPS) is 10.8. The van der Waals surface area contributed by atoms with E-state index in [1.807, 2.05) is 44.6 Å². The number of fused-ring (bicyclic) bond motifs is 3. The Labute approximate surface area is 277 Å². The van der Waals surface area contributed by atoms with Crippen molar-refractivity contribution in [3.05, 3.63) is 110 Å². The van der Waals surface area contributed by atoms with Crippen LogP contribution in [0.25, 0.3) is 21.5 Å². The Balaban J connectivity index is 0. The maximum absolute atomic E-state index is 3.80. The molecule has 0 heterocycles. The van der Waals surface area contributed by atoms with Gasteiger partial charge in [-0.05, 0) is 51.4 Å². The van der Waals surface area contributed by atoms with Crippen LogP contribution in [0, 0.1) is 12.5 Å². The number of aryl methyl sites for hydroxylation is 2. The second kappa shape index (κ2) is 26.6. The van der Waals surface area contributed by atoms with Gasteiger partial charge in [0.25, 0.3) is 0 Å². The van der Waals surface area contributed by atoms with Crippen molar-refractivity contribution in [3.8, 4) is 0 Å². The molecule has 0 radical (unpaired) electrons. The van der Waals surface area contributed by atoms with E-state index in [-0.39, 0.29) is 51.0 Å². The summed E-state index contributed by atoms with van der Waals surface area (Å²) in [5.41, 5.74) is 2.97. The first-order chi connectivity index (χ1) is 18.2. The molecule has 0 aliphatic heterocycles. The SMILES string of the molecule is C=CCCCCCCc1ccc2c(c1)[cH-]c1cc(CCCCCCC=C)ccc12.C[CH-]C.[C-]1=CC=CC1.[Cl-].[Cl-].[Zr+2]. The van der Waals surface area contributed by atoms with Crippen LogP contribution in [0.4, 0.5) is 0 Å². The third kappa shape index (κ3) is 16.2. The van der Waals surface area contributed by atoms with Gasteiger partial charge >= 0.3 is 26.2 Å². The molecule has 1 aliphatic carbocycles. The number of hydrogen-bond acceptors (Lipinski definition) is 0. The summed E-state index contributed by atoms with van der Waals surface area (Å²) in [5, 5.41) is 5.63. The van der Waals surface area contributed by atoms with E-state index >= 15 is 0 Å². The molecule has 0 amide bonds. The van der Waals surface area contributed by atoms with Gasteiger partial charge in [-0.25, -0.2) is 12.2 Å². The summed E-state index contributed by atoms with van der Waals surface area (Å²) in [4.78, 5) is 0. The van der Waals surface area contributed by atoms with E-state index in [1.165, 1.54) is 96.9 Å². The Bertz CT molecular complexity index is 1020. The predicted molar refractivity (Wildman–Crippen MR) is 168 cm³/mol. The fraction of sp³-hybridized carbons (Fsp3) is 0.405. The van der Waals surface area contributed by atoms with Crippen molar-refractivity contribution in [2.45, 2.75) is 97.3 Å². The number of benzene rings is 2. The molecule has 218 valence electrons. The van der Waals surface area contributed by atoms with Gasteiger partial charge in [-0.3, -0.25) is 6.08 Å². The van der Waals surface area contributed by atoms with Crippen LogP contribution in [0.1, 0.15) is 95.6 Å². The fourth-order valence-electron chi connectivity index (χ4n) is 4.72. The average molecular weight is 656 g/mol. The Morgan fingerprint density at radius 3 is 1.55 bits per heavy atom. The quantitative estimate of drug-likeness (QED) is 0.120. The van der Waals surface area contributed by atoms with E-state index < -0.39 is 0 Å². The molecule has 0 unspecified atom stereocenters. The maximum Gasteiger partial charge on any atom is 2.00 e. The minimum absolute atomic E-state index is 0. The van der Waals surface area contributed by atoms with Crippen LogP contribution in [0.5, 0.6) is 0 Å². The smallest absolute Gasteiger partial charge is 1.00 e. The second-order valence-electron chi connectivity index (χ2n) is 10.1. The summed E-state index contributed by atoms with van der Waals surface area (Å²) in [6.45, 7) is 11.6. The molecule has 0 fully saturated rings. The number of halogens is 2. The van der Waals surface area contributed by atoms with E-state index in [1.54, 1.807) is 0 Å². The molecule has 0 atom stereocenters. The first-order valence-corrected chi connectivity index (χ1v) is 14.5. The number of allylic oxidation sites excluding steroid dienone is 6. The zero-order chi connectivity index (χ0) is 26.6. The van der Waals surface area contributed by atoms with Crippen molar-refractivity contribution in [1.82, 2.24) is 0 Å². The van der Waals surface area contributed by atoms with Gasteiger partial charge in [0.2, 0.25) is 0 Å². The summed E-state index contributed by atoms with van der Waals surface area (Å²) < 4.78 is 0. The second-order valence-corrected chi connectivity index (χ2v) is 10.1. The molecule has 0 bridgehead atoms. The minimum atomic E-state index is 0. The average Bonchev–Trinajstić information content (AvgIpc) is 3.60. The van der Waals surface area contributed by atoms with Gasteiger partial charge in [0.15, 0.2) is 0 Å². The van der Waals surface area contributed by atoms with Crippen LogP contribution in [0.15, 0.2) is 86.0 Å². The van der Waals surface area contributed by atoms with Crippen molar-refractivity contribution in [2.75, 3.05) is 0 Å². The zero-order valence-corrected chi connectivity index (χ0v) is 28.8. The Morgan fingerprint density at radius 2 is 1.20 bits per heavy atom. The minimum Gasteiger partial charge on any atom is -1.00 e. The monoisotopic (exact) mass is 653 g/mol. The Morgan fingerprint density at radius 1 is 0.750 bits per heavy atom. The molecule has 0 spiro atoms. The van der Waals surface area contributed by atoms with Crippen LogP contribution < -0.4 is 24.8 Å². The van der Waals surface area contributed by atoms with Crippen molar-refractivity contribution < 1.29 is 51.0 Å². The summed E-state index contributed by atoms with van der Waals surface area (Å²) in [7, 11) is 0. The molecule has 0 aromatic heterocycles. The summed E-state index contributed by atoms with van der Waals surface area (Å²) >= 11 is 0. The van der Waals surface area contributed by atoms with E-state index in [2.05, 4.69) is 67.8 Å². The number of unbranched alkanes of at least 4 members (excludes halogenated alkanes) is 8. The van der Waals surface area contributed by atoms with Gasteiger partial charge in [-0.15, -0.1) is 59.3 Å². The Hall–Kier alpha value is -1.27. The van der Waals surface area contributed by atoms with Crippen LogP contribution in [-0.2, 0) is 39.0 Å². The van der Waals surface area contributed by atoms with Gasteiger partial charge in [0.1, 0.15) is 0 Å². The molecule has 0 N–H and O–H groups in total. The topological polar surface area (TPSA) is 0 Å². The maximum atomic E-state index is 3.80. The molecule has 1 aliphatic rings. The molecule has 4 rings (SSSR count). The molecule has 3 aromatic carbocycles. The molecular formula is C37H49Cl2Zr-3. The van der Waals surface area contributed by atoms with Gasteiger partial charge in [-0.2, -0.15) is 19.9 Å². The van der Waals surface area contributed by atoms with Crippen molar-refractivity contribution >= 4 is 21.5 Å². The molecular weight excluding hydrogens is 607 g/mol. The Kier molecular flexibility index (Phi) is 27.2. The standard InChI is InChI=1S/C29H37.C5H5.C3H7.2ClH.Zr/c1-3-5-7-9-11-13-15-24-17-19-28-26(21-24)23-27-22-25(18-20-29(27)28)16-14-12-10-8-6-4-2;1-2-4-5-3-1;1-3-2;;;/h3-4,17-23H,1-2,5-16H2;1-3H,4H2;3H,1-2H3;2*1H;/q3*-1;;;+2/p-2. The molecule has 40 heavy (non-hydrogen) atoms. The first kappa shape index (κ1) is 40.9. The van der Waals surface area contributed by atoms with Gasteiger partial charge in [-0.1, -0.05) is 73.2 Å². The summed E-state index contributed by atoms with van der Waals surface area (Å²) in [6, 6.07) is 16.6. The first-order valence-electron chi connectivity index (χ1n) is 14.5. The van der Waals surface area contributed by atoms with E-state index in [4.69, 9.17) is 0 Å². The number of rotatable bonds is 14. The van der Waals surface area contributed by atoms with Gasteiger partial charge in [0.05, 0.1) is 0 Å². The van der Waals surface area contributed by atoms with E-state index in [0.29, 0.717) is 0 Å². The molecule has 0 saturated heterocycles. The van der Waals surface area contributed by atoms with Crippen molar-refractivity contribution in [3.63, 3.8) is 0 Å². The summed E-state index contributed by atoms with van der Waals surface area (Å²) in [6.07, 6.45) is 31.2. The van der Waals surface area contributed by atoms with Crippen LogP contribution in [0.3, 0.4) is 0 Å². The molecule has 3 heteroatoms. The fourth-order valence-corrected chi connectivity index (χ4v) is 4.72. The molecule has 0 nitrogen and oxygen atoms in total. The van der Waals surface area contributed by atoms with Gasteiger partial charge < -0.3 is 31.2 Å². The zero-order valence-electron chi connectivity index (χ0n) is 24.9. The number of hydrogen-bond donors (Lipinski definition) is 0. The third-order valence-electron chi connectivity index (χ3n) is 6.67. The molecule has 3 aromatic rings. The van der Waals surface area contributed by atoms with Crippen LogP contribution in [0.2, 0.25) is 0 Å². The largest absolute Gasteiger partial charge is 2.00 e. The third-order valence-corrected chi connectivity index (χ3v) is 6.67. The van der Waals surface area contributed by atoms with E-state index in [9.17, 15) is 0 Å². The molecule has 0 saturated carbocycles. The summed E-state index contributed by atoms with van der Waals surface area (Å²) in [5.74, 6) is 0.